The summed E-state index contributed by atoms with van der Waals surface area (Å²) in [6, 6.07) is 15.5. The predicted octanol–water partition coefficient (Wildman–Crippen LogP) is 18.6. The van der Waals surface area contributed by atoms with Gasteiger partial charge in [0.05, 0.1) is 30.5 Å². The van der Waals surface area contributed by atoms with E-state index in [-0.39, 0.29) is 72.1 Å². The van der Waals surface area contributed by atoms with Gasteiger partial charge in [0.1, 0.15) is 6.10 Å². The summed E-state index contributed by atoms with van der Waals surface area (Å²) in [5, 5.41) is 12.8. The first-order valence-corrected chi connectivity index (χ1v) is 43.1. The lowest BCUT2D eigenvalue weighted by molar-refractivity contribution is -0.131. The van der Waals surface area contributed by atoms with E-state index in [4.69, 9.17) is 22.1 Å². The molecule has 0 spiro atoms. The number of allylic oxidation sites excluding steroid dienone is 4. The molecule has 0 saturated heterocycles. The van der Waals surface area contributed by atoms with Gasteiger partial charge in [0, 0.05) is 24.2 Å². The molecule has 0 aliphatic carbocycles. The third kappa shape index (κ3) is 20.2. The van der Waals surface area contributed by atoms with Gasteiger partial charge >= 0.3 is 0 Å². The second-order valence-electron chi connectivity index (χ2n) is 23.0. The Hall–Kier alpha value is -0.266. The molecule has 0 bridgehead atoms. The van der Waals surface area contributed by atoms with Crippen LogP contribution in [-0.2, 0) is 26.9 Å². The quantitative estimate of drug-likeness (QED) is 0.0370. The van der Waals surface area contributed by atoms with Gasteiger partial charge in [-0.05, 0) is 135 Å². The molecule has 0 aromatic carbocycles. The van der Waals surface area contributed by atoms with Crippen LogP contribution in [0.1, 0.15) is 179 Å². The summed E-state index contributed by atoms with van der Waals surface area (Å²) in [5.74, 6) is 0.216. The Kier molecular flexibility index (Phi) is 35.2. The maximum Gasteiger partial charge on any atom is 0.193 e. The number of hydrogen-bond donors (Lipinski definition) is 1. The molecule has 12 heteroatoms. The van der Waals surface area contributed by atoms with Gasteiger partial charge in [-0.25, -0.2) is 0 Å². The van der Waals surface area contributed by atoms with Crippen LogP contribution in [0.5, 0.6) is 0 Å². The summed E-state index contributed by atoms with van der Waals surface area (Å²) in [6.45, 7) is 56.8. The predicted molar refractivity (Wildman–Crippen MR) is 329 cm³/mol. The van der Waals surface area contributed by atoms with E-state index in [9.17, 15) is 5.11 Å². The monoisotopic (exact) mass is 1100 g/mol. The van der Waals surface area contributed by atoms with Gasteiger partial charge in [0.2, 0.25) is 0 Å². The van der Waals surface area contributed by atoms with Crippen LogP contribution < -0.4 is 0 Å². The molecule has 0 aromatic heterocycles. The Bertz CT molecular complexity index is 1480. The molecule has 0 amide bonds. The van der Waals surface area contributed by atoms with Crippen molar-refractivity contribution in [2.24, 2.45) is 35.5 Å². The summed E-state index contributed by atoms with van der Waals surface area (Å²) in [7, 11) is -10.7. The highest BCUT2D eigenvalue weighted by Gasteiger charge is 2.47. The minimum Gasteiger partial charge on any atom is -0.413 e. The molecule has 0 radical (unpaired) electrons. The maximum atomic E-state index is 15.5. The number of aliphatic hydroxyl groups excluding tert-OH is 1. The third-order valence-electron chi connectivity index (χ3n) is 19.5. The van der Waals surface area contributed by atoms with Crippen molar-refractivity contribution in [2.75, 3.05) is 0 Å². The van der Waals surface area contributed by atoms with Crippen LogP contribution in [0.25, 0.3) is 0 Å². The van der Waals surface area contributed by atoms with Gasteiger partial charge in [-0.2, -0.15) is 0 Å². The number of Topliss-reactive ketones (excluding diaryl/α,β-unsaturated/α-hetero) is 1. The van der Waals surface area contributed by atoms with Crippen LogP contribution in [0.3, 0.4) is 0 Å². The van der Waals surface area contributed by atoms with Crippen molar-refractivity contribution in [3.63, 3.8) is 0 Å². The highest BCUT2D eigenvalue weighted by Crippen LogP contribution is 2.41. The summed E-state index contributed by atoms with van der Waals surface area (Å²) in [6.07, 6.45) is 7.96. The molecular weight excluding hydrogens is 973 g/mol. The zero-order valence-electron chi connectivity index (χ0n) is 52.1. The van der Waals surface area contributed by atoms with Gasteiger partial charge in [-0.15, -0.1) is 0 Å². The van der Waals surface area contributed by atoms with Crippen molar-refractivity contribution in [3.8, 4) is 0 Å². The van der Waals surface area contributed by atoms with Gasteiger partial charge in [-0.1, -0.05) is 182 Å². The normalized spacial score (nSPS) is 18.8. The zero-order chi connectivity index (χ0) is 55.7. The van der Waals surface area contributed by atoms with E-state index >= 15 is 4.79 Å². The topological polar surface area (TPSA) is 83.5 Å². The van der Waals surface area contributed by atoms with Crippen LogP contribution in [0, 0.1) is 35.5 Å². The molecule has 0 unspecified atom stereocenters. The van der Waals surface area contributed by atoms with Crippen LogP contribution in [-0.4, -0.2) is 89.1 Å². The second kappa shape index (κ2) is 35.3. The number of carbonyl (C=O) groups is 1. The Labute approximate surface area is 454 Å². The van der Waals surface area contributed by atoms with Crippen LogP contribution in [0.2, 0.25) is 90.7 Å². The summed E-state index contributed by atoms with van der Waals surface area (Å²) < 4.78 is 38.0. The molecule has 7 nitrogen and oxygen atoms in total. The molecule has 426 valence electrons. The van der Waals surface area contributed by atoms with E-state index in [0.717, 1.165) is 97.1 Å². The van der Waals surface area contributed by atoms with Crippen LogP contribution >= 0.6 is 0 Å². The fourth-order valence-corrected chi connectivity index (χ4v) is 27.2. The summed E-state index contributed by atoms with van der Waals surface area (Å²) in [4.78, 5) is 15.5. The smallest absolute Gasteiger partial charge is 0.193 e. The first-order valence-electron chi connectivity index (χ1n) is 30.4. The molecular formula is C60H124O7Si5. The van der Waals surface area contributed by atoms with Crippen molar-refractivity contribution in [3.05, 3.63) is 36.5 Å². The molecule has 72 heavy (non-hydrogen) atoms. The minimum absolute atomic E-state index is 0.00137. The van der Waals surface area contributed by atoms with Crippen molar-refractivity contribution < 1.29 is 32.0 Å². The summed E-state index contributed by atoms with van der Waals surface area (Å²) >= 11 is 0. The van der Waals surface area contributed by atoms with Crippen molar-refractivity contribution in [1.82, 2.24) is 0 Å². The van der Waals surface area contributed by atoms with E-state index in [2.05, 4.69) is 184 Å². The SMILES string of the molecule is C=C/C=C\[C@H](C)[C@H](O[Si](CC)(CC)CC)[C@H](C)[C@@H](O[Si](CC)(CC)CC)[C@@H](C)C[C@H](O[Si](CC)(CC)CC)C(=O)C[C@@H](O)[C@@H](C)[C@H](O[Si](CC)(CC)CC)[C@H](C)[C@@H](O[Si](CC)(CC)CC)[C@@H](C)C/C(C)=C/C. The zero-order valence-corrected chi connectivity index (χ0v) is 57.1. The van der Waals surface area contributed by atoms with Gasteiger partial charge in [0.15, 0.2) is 47.4 Å². The lowest BCUT2D eigenvalue weighted by atomic mass is 9.79. The fourth-order valence-electron chi connectivity index (χ4n) is 12.3. The van der Waals surface area contributed by atoms with Crippen LogP contribution in [0.4, 0.5) is 0 Å². The maximum absolute atomic E-state index is 15.5. The van der Waals surface area contributed by atoms with E-state index in [1.807, 2.05) is 6.08 Å². The minimum atomic E-state index is -2.29. The molecule has 0 saturated carbocycles. The molecule has 0 rings (SSSR count). The van der Waals surface area contributed by atoms with E-state index < -0.39 is 53.8 Å². The Morgan fingerprint density at radius 1 is 0.472 bits per heavy atom. The first kappa shape index (κ1) is 71.7. The molecule has 0 aliphatic rings. The van der Waals surface area contributed by atoms with E-state index in [0.29, 0.717) is 6.42 Å². The molecule has 0 aliphatic heterocycles. The molecule has 0 aromatic rings. The number of rotatable bonds is 43. The van der Waals surface area contributed by atoms with Crippen molar-refractivity contribution >= 4 is 47.4 Å². The molecule has 12 atom stereocenters. The number of ketones is 1. The lowest BCUT2D eigenvalue weighted by Crippen LogP contribution is -2.53. The summed E-state index contributed by atoms with van der Waals surface area (Å²) in [5.41, 5.74) is 1.37. The number of carbonyl (C=O) groups excluding carboxylic acids is 1. The Morgan fingerprint density at radius 2 is 0.792 bits per heavy atom. The first-order chi connectivity index (χ1) is 33.9. The highest BCUT2D eigenvalue weighted by atomic mass is 28.4. The van der Waals surface area contributed by atoms with Crippen molar-refractivity contribution in [1.29, 1.82) is 0 Å². The standard InChI is InChI=1S/C60H124O7Si5/c1-25-42-43-48(19)57(64-69(30-6,31-7)32-8)52(23)59(66-71(36-12,37-13)38-14)50(21)45-56(63-68(27-3,28-4)29-5)55(62)46-54(61)51(22)60(67-72(39-15,40-16)41-17)53(24)58(49(20)44-47(18)26-2)65-70(33-9,34-10)35-11/h25-26,42-43,48-54,56-61H,1,27-41,44-46H2,2-24H3/b43-42-,47-26+/t48-,49-,50-,51+,52-,53+,54+,56-,57-,58-,59-,60-/m0/s1. The largest absolute Gasteiger partial charge is 0.413 e. The molecule has 1 N–H and O–H groups in total. The van der Waals surface area contributed by atoms with E-state index in [1.165, 1.54) is 5.57 Å². The molecule has 0 heterocycles. The highest BCUT2D eigenvalue weighted by molar-refractivity contribution is 6.75. The average molecular weight is 1100 g/mol. The fraction of sp³-hybridized carbons (Fsp3) is 0.883. The Morgan fingerprint density at radius 3 is 1.14 bits per heavy atom. The molecule has 0 fully saturated rings. The average Bonchev–Trinajstić information content (AvgIpc) is 3.40. The Balaban J connectivity index is 7.96. The van der Waals surface area contributed by atoms with Gasteiger partial charge < -0.3 is 27.2 Å². The number of aliphatic hydroxyl groups is 1. The lowest BCUT2D eigenvalue weighted by Gasteiger charge is -2.46. The van der Waals surface area contributed by atoms with Gasteiger partial charge in [-0.3, -0.25) is 4.79 Å². The van der Waals surface area contributed by atoms with Crippen molar-refractivity contribution in [2.45, 2.75) is 306 Å². The van der Waals surface area contributed by atoms with Crippen LogP contribution in [0.15, 0.2) is 36.5 Å². The van der Waals surface area contributed by atoms with Gasteiger partial charge in [0.25, 0.3) is 0 Å². The van der Waals surface area contributed by atoms with E-state index in [1.54, 1.807) is 0 Å². The second-order valence-corrected chi connectivity index (χ2v) is 46.6. The number of hydrogen-bond acceptors (Lipinski definition) is 7. The third-order valence-corrected chi connectivity index (χ3v) is 42.7.